The molecule has 0 aromatic heterocycles. The van der Waals surface area contributed by atoms with Gasteiger partial charge in [-0.15, -0.1) is 17.0 Å². The average Bonchev–Trinajstić information content (AvgIpc) is 2.93. The summed E-state index contributed by atoms with van der Waals surface area (Å²) in [5, 5.41) is 2.95. The lowest BCUT2D eigenvalue weighted by Crippen LogP contribution is -2.38. The molecule has 0 atom stereocenters. The molecule has 8 nitrogen and oxygen atoms in total. The third-order valence-corrected chi connectivity index (χ3v) is 6.47. The number of halogens is 1. The van der Waals surface area contributed by atoms with Crippen LogP contribution >= 0.6 is 17.0 Å². The van der Waals surface area contributed by atoms with Crippen LogP contribution < -0.4 is 14.8 Å². The van der Waals surface area contributed by atoms with Crippen molar-refractivity contribution in [2.24, 2.45) is 10.8 Å². The van der Waals surface area contributed by atoms with Gasteiger partial charge in [-0.3, -0.25) is 24.1 Å². The highest BCUT2D eigenvalue weighted by Crippen LogP contribution is 2.33. The van der Waals surface area contributed by atoms with Crippen molar-refractivity contribution in [2.45, 2.75) is 54.5 Å². The van der Waals surface area contributed by atoms with Crippen LogP contribution in [-0.2, 0) is 27.3 Å². The topological polar surface area (TPSA) is 102 Å². The Kier molecular flexibility index (Phi) is 13.5. The normalized spacial score (nSPS) is 11.3. The summed E-state index contributed by atoms with van der Waals surface area (Å²) in [4.78, 5) is 53.3. The van der Waals surface area contributed by atoms with E-state index in [0.717, 1.165) is 11.1 Å². The lowest BCUT2D eigenvalue weighted by molar-refractivity contribution is -0.145. The third kappa shape index (κ3) is 11.7. The smallest absolute Gasteiger partial charge is 0.316 e. The van der Waals surface area contributed by atoms with Crippen LogP contribution in [-0.4, -0.2) is 48.2 Å². The second kappa shape index (κ2) is 16.3. The van der Waals surface area contributed by atoms with Crippen LogP contribution in [0, 0.1) is 10.8 Å². The number of hydrogen-bond acceptors (Lipinski definition) is 7. The van der Waals surface area contributed by atoms with Gasteiger partial charge in [-0.1, -0.05) is 60.7 Å². The highest BCUT2D eigenvalue weighted by atomic mass is 79.9. The van der Waals surface area contributed by atoms with Gasteiger partial charge in [0.25, 0.3) is 0 Å². The van der Waals surface area contributed by atoms with Gasteiger partial charge in [0.15, 0.2) is 17.3 Å². The average molecular weight is 668 g/mol. The van der Waals surface area contributed by atoms with Gasteiger partial charge < -0.3 is 14.8 Å². The first-order chi connectivity index (χ1) is 20.2. The summed E-state index contributed by atoms with van der Waals surface area (Å²) >= 11 is 0. The second-order valence-electron chi connectivity index (χ2n) is 12.6. The van der Waals surface area contributed by atoms with Gasteiger partial charge in [-0.25, -0.2) is 0 Å². The molecule has 0 aliphatic rings. The predicted octanol–water partition coefficient (Wildman–Crippen LogP) is 6.21. The van der Waals surface area contributed by atoms with E-state index in [1.165, 1.54) is 12.1 Å². The Bertz CT molecular complexity index is 1410. The molecule has 0 unspecified atom stereocenters. The van der Waals surface area contributed by atoms with Crippen LogP contribution in [0.2, 0.25) is 0 Å². The lowest BCUT2D eigenvalue weighted by Gasteiger charge is -2.23. The minimum absolute atomic E-state index is 0. The molecule has 3 rings (SSSR count). The quantitative estimate of drug-likeness (QED) is 0.139. The van der Waals surface area contributed by atoms with E-state index in [1.54, 1.807) is 47.6 Å². The maximum atomic E-state index is 13.5. The van der Waals surface area contributed by atoms with Crippen LogP contribution in [0.3, 0.4) is 0 Å². The number of nitrogens with one attached hydrogen (secondary N) is 1. The number of ether oxygens (including phenoxy) is 2. The largest absolute Gasteiger partial charge is 0.422 e. The molecular weight excluding hydrogens is 624 g/mol. The number of hydrogen-bond donors (Lipinski definition) is 1. The highest BCUT2D eigenvalue weighted by Gasteiger charge is 2.29. The molecule has 44 heavy (non-hydrogen) atoms. The van der Waals surface area contributed by atoms with Crippen LogP contribution in [0.5, 0.6) is 11.5 Å². The molecule has 0 bridgehead atoms. The summed E-state index contributed by atoms with van der Waals surface area (Å²) in [6, 6.07) is 23.7. The fourth-order valence-electron chi connectivity index (χ4n) is 3.90. The first kappa shape index (κ1) is 36.4. The Morgan fingerprint density at radius 2 is 1.23 bits per heavy atom. The first-order valence-electron chi connectivity index (χ1n) is 14.4. The summed E-state index contributed by atoms with van der Waals surface area (Å²) in [7, 11) is 0. The van der Waals surface area contributed by atoms with Gasteiger partial charge in [-0.2, -0.15) is 0 Å². The number of esters is 2. The minimum atomic E-state index is -0.817. The van der Waals surface area contributed by atoms with Gasteiger partial charge in [0.2, 0.25) is 5.91 Å². The summed E-state index contributed by atoms with van der Waals surface area (Å²) in [6.45, 7) is 11.7. The molecule has 1 amide bonds. The number of nitrogens with zero attached hydrogens (tertiary/aromatic N) is 1. The van der Waals surface area contributed by atoms with Crippen molar-refractivity contribution >= 4 is 40.6 Å². The number of ketones is 1. The summed E-state index contributed by atoms with van der Waals surface area (Å²) in [5.74, 6) is -1.26. The molecule has 0 saturated carbocycles. The van der Waals surface area contributed by atoms with Crippen molar-refractivity contribution < 1.29 is 28.7 Å². The molecule has 3 aromatic carbocycles. The zero-order valence-electron chi connectivity index (χ0n) is 26.3. The molecule has 9 heteroatoms. The number of benzene rings is 3. The monoisotopic (exact) mass is 666 g/mol. The molecule has 0 heterocycles. The highest BCUT2D eigenvalue weighted by molar-refractivity contribution is 8.93. The van der Waals surface area contributed by atoms with E-state index in [4.69, 9.17) is 9.47 Å². The second-order valence-corrected chi connectivity index (χ2v) is 12.6. The number of Topliss-reactive ketones (excluding diaryl/α,β-unsaturated/α-hetero) is 1. The number of carbonyl (C=O) groups excluding carboxylic acids is 4. The lowest BCUT2D eigenvalue weighted by atomic mass is 9.97. The van der Waals surface area contributed by atoms with E-state index >= 15 is 0 Å². The summed E-state index contributed by atoms with van der Waals surface area (Å²) in [6.07, 6.45) is 0.278. The number of amides is 1. The molecule has 0 aliphatic heterocycles. The van der Waals surface area contributed by atoms with Crippen molar-refractivity contribution in [3.05, 3.63) is 95.6 Å². The maximum absolute atomic E-state index is 13.5. The Morgan fingerprint density at radius 1 is 0.705 bits per heavy atom. The molecule has 3 aromatic rings. The molecule has 236 valence electrons. The molecule has 0 radical (unpaired) electrons. The van der Waals surface area contributed by atoms with Crippen LogP contribution in [0.15, 0.2) is 78.9 Å². The van der Waals surface area contributed by atoms with E-state index in [2.05, 4.69) is 5.32 Å². The van der Waals surface area contributed by atoms with Crippen molar-refractivity contribution in [3.63, 3.8) is 0 Å². The molecular formula is C35H43BrN2O6. The Hall–Kier alpha value is -3.82. The maximum Gasteiger partial charge on any atom is 0.316 e. The van der Waals surface area contributed by atoms with E-state index in [-0.39, 0.29) is 53.1 Å². The van der Waals surface area contributed by atoms with Gasteiger partial charge in [-0.05, 0) is 70.9 Å². The van der Waals surface area contributed by atoms with E-state index < -0.39 is 22.8 Å². The molecule has 0 spiro atoms. The van der Waals surface area contributed by atoms with Crippen molar-refractivity contribution in [1.82, 2.24) is 10.2 Å². The van der Waals surface area contributed by atoms with Crippen molar-refractivity contribution in [1.29, 1.82) is 0 Å². The zero-order valence-corrected chi connectivity index (χ0v) is 28.1. The minimum Gasteiger partial charge on any atom is -0.422 e. The van der Waals surface area contributed by atoms with Gasteiger partial charge >= 0.3 is 11.9 Å². The van der Waals surface area contributed by atoms with Gasteiger partial charge in [0.1, 0.15) is 0 Å². The molecule has 0 saturated heterocycles. The first-order valence-corrected chi connectivity index (χ1v) is 14.4. The molecule has 0 fully saturated rings. The molecule has 0 aliphatic carbocycles. The fourth-order valence-corrected chi connectivity index (χ4v) is 3.90. The summed E-state index contributed by atoms with van der Waals surface area (Å²) in [5.41, 5.74) is 0.654. The number of rotatable bonds is 12. The standard InChI is InChI=1S/C35H42N2O6.BrH/c1-34(2,3)32(40)42-29-18-17-27(22-30(29)43-33(41)35(4,5)6)28(38)24-37(23-26-15-11-8-12-16-26)20-19-36-31(39)21-25-13-9-7-10-14-25;/h7-18,22H,19-21,23-24H2,1-6H3,(H,36,39);1H. The Labute approximate surface area is 270 Å². The number of carbonyl (C=O) groups is 4. The predicted molar refractivity (Wildman–Crippen MR) is 176 cm³/mol. The van der Waals surface area contributed by atoms with Crippen LogP contribution in [0.1, 0.15) is 63.0 Å². The van der Waals surface area contributed by atoms with Crippen LogP contribution in [0.25, 0.3) is 0 Å². The van der Waals surface area contributed by atoms with Gasteiger partial charge in [0.05, 0.1) is 23.8 Å². The van der Waals surface area contributed by atoms with E-state index in [0.29, 0.717) is 25.2 Å². The third-order valence-electron chi connectivity index (χ3n) is 6.47. The SMILES string of the molecule is Br.CC(C)(C)C(=O)Oc1ccc(C(=O)CN(CCNC(=O)Cc2ccccc2)Cc2ccccc2)cc1OC(=O)C(C)(C)C. The summed E-state index contributed by atoms with van der Waals surface area (Å²) < 4.78 is 11.2. The van der Waals surface area contributed by atoms with Gasteiger partial charge in [0, 0.05) is 25.2 Å². The van der Waals surface area contributed by atoms with Crippen molar-refractivity contribution in [2.75, 3.05) is 19.6 Å². The zero-order chi connectivity index (χ0) is 31.6. The van der Waals surface area contributed by atoms with Crippen LogP contribution in [0.4, 0.5) is 0 Å². The van der Waals surface area contributed by atoms with E-state index in [1.807, 2.05) is 65.6 Å². The van der Waals surface area contributed by atoms with E-state index in [9.17, 15) is 19.2 Å². The Balaban J connectivity index is 0.00000675. The molecule has 1 N–H and O–H groups in total. The van der Waals surface area contributed by atoms with Crippen molar-refractivity contribution in [3.8, 4) is 11.5 Å². The fraction of sp³-hybridized carbons (Fsp3) is 0.371. The Morgan fingerprint density at radius 3 is 1.77 bits per heavy atom.